The topological polar surface area (TPSA) is 47.0 Å². The van der Waals surface area contributed by atoms with E-state index in [0.717, 1.165) is 16.7 Å². The molecule has 0 aliphatic heterocycles. The van der Waals surface area contributed by atoms with Crippen LogP contribution in [-0.4, -0.2) is 22.8 Å². The minimum absolute atomic E-state index is 0.407. The first-order valence-corrected chi connectivity index (χ1v) is 7.58. The molecule has 1 heterocycles. The molecule has 0 atom stereocenters. The molecule has 1 aliphatic rings. The maximum absolute atomic E-state index is 5.93. The molecule has 4 nitrogen and oxygen atoms in total. The van der Waals surface area contributed by atoms with Crippen molar-refractivity contribution in [2.75, 3.05) is 11.9 Å². The number of hydrogen-bond acceptors (Lipinski definition) is 5. The molecule has 1 N–H and O–H groups in total. The SMILES string of the molecule is CCNc1nnc(COC2CCC(C)(C)CC2)s1. The third kappa shape index (κ3) is 3.92. The Labute approximate surface area is 113 Å². The molecule has 1 fully saturated rings. The molecule has 1 aromatic heterocycles. The zero-order valence-corrected chi connectivity index (χ0v) is 12.3. The number of anilines is 1. The molecule has 0 radical (unpaired) electrons. The van der Waals surface area contributed by atoms with Crippen molar-refractivity contribution in [3.63, 3.8) is 0 Å². The molecule has 0 aromatic carbocycles. The molecule has 1 aromatic rings. The van der Waals surface area contributed by atoms with E-state index in [1.807, 2.05) is 0 Å². The van der Waals surface area contributed by atoms with Crippen molar-refractivity contribution in [1.82, 2.24) is 10.2 Å². The molecule has 0 unspecified atom stereocenters. The van der Waals surface area contributed by atoms with E-state index in [2.05, 4.69) is 36.3 Å². The van der Waals surface area contributed by atoms with E-state index in [1.165, 1.54) is 25.7 Å². The monoisotopic (exact) mass is 269 g/mol. The number of ether oxygens (including phenoxy) is 1. The average Bonchev–Trinajstić information content (AvgIpc) is 2.76. The van der Waals surface area contributed by atoms with Gasteiger partial charge in [-0.05, 0) is 38.0 Å². The van der Waals surface area contributed by atoms with Gasteiger partial charge in [-0.25, -0.2) is 0 Å². The normalized spacial score (nSPS) is 19.9. The Morgan fingerprint density at radius 2 is 2.06 bits per heavy atom. The van der Waals surface area contributed by atoms with Gasteiger partial charge in [-0.1, -0.05) is 25.2 Å². The van der Waals surface area contributed by atoms with Crippen molar-refractivity contribution in [2.45, 2.75) is 59.2 Å². The van der Waals surface area contributed by atoms with Gasteiger partial charge >= 0.3 is 0 Å². The van der Waals surface area contributed by atoms with Gasteiger partial charge in [-0.3, -0.25) is 0 Å². The first kappa shape index (κ1) is 13.7. The van der Waals surface area contributed by atoms with Crippen LogP contribution in [0.3, 0.4) is 0 Å². The van der Waals surface area contributed by atoms with E-state index < -0.39 is 0 Å². The summed E-state index contributed by atoms with van der Waals surface area (Å²) in [5, 5.41) is 13.2. The fourth-order valence-corrected chi connectivity index (χ4v) is 2.99. The minimum Gasteiger partial charge on any atom is -0.371 e. The lowest BCUT2D eigenvalue weighted by atomic mass is 9.76. The minimum atomic E-state index is 0.407. The quantitative estimate of drug-likeness (QED) is 0.889. The lowest BCUT2D eigenvalue weighted by molar-refractivity contribution is -0.00582. The number of hydrogen-bond donors (Lipinski definition) is 1. The van der Waals surface area contributed by atoms with Crippen LogP contribution < -0.4 is 5.32 Å². The number of nitrogens with zero attached hydrogens (tertiary/aromatic N) is 2. The third-order valence-electron chi connectivity index (χ3n) is 3.52. The summed E-state index contributed by atoms with van der Waals surface area (Å²) in [6.07, 6.45) is 5.27. The lowest BCUT2D eigenvalue weighted by Gasteiger charge is -2.33. The van der Waals surface area contributed by atoms with Gasteiger partial charge in [0.25, 0.3) is 0 Å². The van der Waals surface area contributed by atoms with Gasteiger partial charge in [0.05, 0.1) is 6.10 Å². The predicted octanol–water partition coefficient (Wildman–Crippen LogP) is 3.46. The van der Waals surface area contributed by atoms with Crippen LogP contribution in [0.15, 0.2) is 0 Å². The fourth-order valence-electron chi connectivity index (χ4n) is 2.26. The summed E-state index contributed by atoms with van der Waals surface area (Å²) in [6.45, 7) is 8.23. The summed E-state index contributed by atoms with van der Waals surface area (Å²) >= 11 is 1.59. The molecule has 0 bridgehead atoms. The van der Waals surface area contributed by atoms with E-state index in [1.54, 1.807) is 11.3 Å². The Balaban J connectivity index is 1.74. The van der Waals surface area contributed by atoms with Gasteiger partial charge in [0.2, 0.25) is 5.13 Å². The molecule has 18 heavy (non-hydrogen) atoms. The van der Waals surface area contributed by atoms with Crippen molar-refractivity contribution in [3.05, 3.63) is 5.01 Å². The van der Waals surface area contributed by atoms with Crippen LogP contribution >= 0.6 is 11.3 Å². The molecular weight excluding hydrogens is 246 g/mol. The summed E-state index contributed by atoms with van der Waals surface area (Å²) in [5.41, 5.74) is 0.501. The number of nitrogens with one attached hydrogen (secondary N) is 1. The zero-order chi connectivity index (χ0) is 13.0. The van der Waals surface area contributed by atoms with Gasteiger partial charge in [0.1, 0.15) is 11.6 Å². The lowest BCUT2D eigenvalue weighted by Crippen LogP contribution is -2.26. The van der Waals surface area contributed by atoms with Crippen molar-refractivity contribution in [1.29, 1.82) is 0 Å². The average molecular weight is 269 g/mol. The Hall–Kier alpha value is -0.680. The first-order valence-electron chi connectivity index (χ1n) is 6.77. The largest absolute Gasteiger partial charge is 0.371 e. The second kappa shape index (κ2) is 5.97. The molecule has 1 saturated carbocycles. The molecule has 0 amide bonds. The highest BCUT2D eigenvalue weighted by Crippen LogP contribution is 2.36. The summed E-state index contributed by atoms with van der Waals surface area (Å²) in [5.74, 6) is 0. The van der Waals surface area contributed by atoms with Crippen molar-refractivity contribution in [2.24, 2.45) is 5.41 Å². The molecule has 1 aliphatic carbocycles. The van der Waals surface area contributed by atoms with E-state index in [9.17, 15) is 0 Å². The highest BCUT2D eigenvalue weighted by molar-refractivity contribution is 7.15. The molecule has 0 saturated heterocycles. The molecule has 102 valence electrons. The second-order valence-electron chi connectivity index (χ2n) is 5.71. The molecular formula is C13H23N3OS. The first-order chi connectivity index (χ1) is 8.59. The summed E-state index contributed by atoms with van der Waals surface area (Å²) in [7, 11) is 0. The maximum Gasteiger partial charge on any atom is 0.205 e. The van der Waals surface area contributed by atoms with Crippen molar-refractivity contribution in [3.8, 4) is 0 Å². The van der Waals surface area contributed by atoms with Crippen LogP contribution in [0.25, 0.3) is 0 Å². The summed E-state index contributed by atoms with van der Waals surface area (Å²) < 4.78 is 5.93. The van der Waals surface area contributed by atoms with Gasteiger partial charge in [-0.15, -0.1) is 10.2 Å². The van der Waals surface area contributed by atoms with Crippen LogP contribution in [0, 0.1) is 5.41 Å². The second-order valence-corrected chi connectivity index (χ2v) is 6.77. The van der Waals surface area contributed by atoms with Crippen LogP contribution in [-0.2, 0) is 11.3 Å². The van der Waals surface area contributed by atoms with Crippen LogP contribution in [0.5, 0.6) is 0 Å². The molecule has 2 rings (SSSR count). The van der Waals surface area contributed by atoms with Crippen molar-refractivity contribution >= 4 is 16.5 Å². The van der Waals surface area contributed by atoms with Crippen LogP contribution in [0.4, 0.5) is 5.13 Å². The van der Waals surface area contributed by atoms with Crippen molar-refractivity contribution < 1.29 is 4.74 Å². The van der Waals surface area contributed by atoms with E-state index in [4.69, 9.17) is 4.74 Å². The Kier molecular flexibility index (Phi) is 4.56. The third-order valence-corrected chi connectivity index (χ3v) is 4.38. The van der Waals surface area contributed by atoms with Crippen LogP contribution in [0.2, 0.25) is 0 Å². The van der Waals surface area contributed by atoms with Gasteiger partial charge < -0.3 is 10.1 Å². The standard InChI is InChI=1S/C13H23N3OS/c1-4-14-12-16-15-11(18-12)9-17-10-5-7-13(2,3)8-6-10/h10H,4-9H2,1-3H3,(H,14,16). The Morgan fingerprint density at radius 1 is 1.33 bits per heavy atom. The predicted molar refractivity (Wildman–Crippen MR) is 74.9 cm³/mol. The van der Waals surface area contributed by atoms with E-state index in [-0.39, 0.29) is 0 Å². The molecule has 5 heteroatoms. The smallest absolute Gasteiger partial charge is 0.205 e. The number of rotatable bonds is 5. The Bertz CT molecular complexity index is 368. The molecule has 0 spiro atoms. The van der Waals surface area contributed by atoms with Gasteiger partial charge in [0.15, 0.2) is 0 Å². The maximum atomic E-state index is 5.93. The van der Waals surface area contributed by atoms with Gasteiger partial charge in [-0.2, -0.15) is 0 Å². The van der Waals surface area contributed by atoms with Gasteiger partial charge in [0, 0.05) is 6.54 Å². The highest BCUT2D eigenvalue weighted by Gasteiger charge is 2.27. The summed E-state index contributed by atoms with van der Waals surface area (Å²) in [4.78, 5) is 0. The number of aromatic nitrogens is 2. The van der Waals surface area contributed by atoms with E-state index in [0.29, 0.717) is 18.1 Å². The van der Waals surface area contributed by atoms with E-state index >= 15 is 0 Å². The van der Waals surface area contributed by atoms with Crippen LogP contribution in [0.1, 0.15) is 51.5 Å². The summed E-state index contributed by atoms with van der Waals surface area (Å²) in [6, 6.07) is 0. The fraction of sp³-hybridized carbons (Fsp3) is 0.846. The highest BCUT2D eigenvalue weighted by atomic mass is 32.1. The zero-order valence-electron chi connectivity index (χ0n) is 11.5. The Morgan fingerprint density at radius 3 is 2.72 bits per heavy atom.